The van der Waals surface area contributed by atoms with Gasteiger partial charge in [-0.05, 0) is 24.3 Å². The van der Waals surface area contributed by atoms with Crippen LogP contribution in [0.25, 0.3) is 6.08 Å². The highest BCUT2D eigenvalue weighted by atomic mass is 16.5. The summed E-state index contributed by atoms with van der Waals surface area (Å²) in [7, 11) is 0. The van der Waals surface area contributed by atoms with Gasteiger partial charge in [0.1, 0.15) is 5.82 Å². The number of ether oxygens (including phenoxy) is 1. The summed E-state index contributed by atoms with van der Waals surface area (Å²) in [6.07, 6.45) is 7.95. The van der Waals surface area contributed by atoms with Gasteiger partial charge in [-0.2, -0.15) is 5.10 Å². The van der Waals surface area contributed by atoms with Crippen molar-refractivity contribution in [3.05, 3.63) is 54.2 Å². The lowest BCUT2D eigenvalue weighted by Gasteiger charge is -2.25. The summed E-state index contributed by atoms with van der Waals surface area (Å²) in [4.78, 5) is 14.8. The summed E-state index contributed by atoms with van der Waals surface area (Å²) in [5, 5.41) is 7.34. The number of carbonyl (C=O) groups excluding carboxylic acids is 1. The summed E-state index contributed by atoms with van der Waals surface area (Å²) >= 11 is 0. The molecule has 150 valence electrons. The first-order chi connectivity index (χ1) is 13.6. The Labute approximate surface area is 167 Å². The number of carbonyl (C=O) groups is 1. The molecule has 0 saturated carbocycles. The van der Waals surface area contributed by atoms with E-state index in [1.54, 1.807) is 6.20 Å². The zero-order chi connectivity index (χ0) is 19.8. The molecule has 1 unspecified atom stereocenters. The van der Waals surface area contributed by atoms with Crippen LogP contribution in [0.2, 0.25) is 0 Å². The van der Waals surface area contributed by atoms with E-state index < -0.39 is 0 Å². The van der Waals surface area contributed by atoms with Crippen LogP contribution in [-0.2, 0) is 11.3 Å². The number of amides is 2. The largest absolute Gasteiger partial charge is 0.376 e. The molecule has 3 rings (SSSR count). The van der Waals surface area contributed by atoms with Crippen LogP contribution in [-0.4, -0.2) is 46.5 Å². The van der Waals surface area contributed by atoms with Gasteiger partial charge in [-0.1, -0.05) is 56.3 Å². The maximum atomic E-state index is 13.0. The Morgan fingerprint density at radius 2 is 2.18 bits per heavy atom. The summed E-state index contributed by atoms with van der Waals surface area (Å²) in [5.74, 6) is 1.18. The van der Waals surface area contributed by atoms with E-state index in [4.69, 9.17) is 4.74 Å². The second kappa shape index (κ2) is 10.1. The van der Waals surface area contributed by atoms with Crippen molar-refractivity contribution in [1.29, 1.82) is 0 Å². The third-order valence-corrected chi connectivity index (χ3v) is 4.66. The van der Waals surface area contributed by atoms with Gasteiger partial charge < -0.3 is 9.64 Å². The molecule has 0 radical (unpaired) electrons. The van der Waals surface area contributed by atoms with Crippen molar-refractivity contribution in [2.75, 3.05) is 25.0 Å². The fraction of sp³-hybridized carbons (Fsp3) is 0.455. The van der Waals surface area contributed by atoms with Crippen molar-refractivity contribution in [2.45, 2.75) is 39.3 Å². The topological polar surface area (TPSA) is 59.4 Å². The Kier molecular flexibility index (Phi) is 7.25. The molecular weight excluding hydrogens is 352 g/mol. The van der Waals surface area contributed by atoms with Crippen LogP contribution in [0.5, 0.6) is 0 Å². The van der Waals surface area contributed by atoms with E-state index in [1.807, 2.05) is 58.1 Å². The van der Waals surface area contributed by atoms with Gasteiger partial charge in [-0.3, -0.25) is 5.32 Å². The van der Waals surface area contributed by atoms with Crippen molar-refractivity contribution in [2.24, 2.45) is 5.92 Å². The number of nitrogens with one attached hydrogen (secondary N) is 1. The number of nitrogens with zero attached hydrogens (tertiary/aromatic N) is 3. The molecule has 28 heavy (non-hydrogen) atoms. The summed E-state index contributed by atoms with van der Waals surface area (Å²) in [6.45, 7) is 6.92. The number of hydrogen-bond acceptors (Lipinski definition) is 3. The Hall–Kier alpha value is -2.60. The number of anilines is 1. The summed E-state index contributed by atoms with van der Waals surface area (Å²) < 4.78 is 7.59. The van der Waals surface area contributed by atoms with Gasteiger partial charge in [0.15, 0.2) is 0 Å². The first-order valence-electron chi connectivity index (χ1n) is 10.0. The van der Waals surface area contributed by atoms with Crippen molar-refractivity contribution >= 4 is 17.9 Å². The quantitative estimate of drug-likeness (QED) is 0.742. The lowest BCUT2D eigenvalue weighted by molar-refractivity contribution is 0.0863. The Morgan fingerprint density at radius 1 is 1.36 bits per heavy atom. The standard InChI is InChI=1S/C22H30N4O2/c1-18(2)16-26-21(12-13-23-26)24-22(27)25(17-20-11-7-15-28-20)14-6-10-19-8-4-3-5-9-19/h3-6,8-10,12-13,18,20H,7,11,14-17H2,1-2H3,(H,24,27). The zero-order valence-electron chi connectivity index (χ0n) is 16.8. The monoisotopic (exact) mass is 382 g/mol. The van der Waals surface area contributed by atoms with Crippen LogP contribution >= 0.6 is 0 Å². The molecule has 0 aliphatic carbocycles. The second-order valence-electron chi connectivity index (χ2n) is 7.58. The first-order valence-corrected chi connectivity index (χ1v) is 10.0. The maximum absolute atomic E-state index is 13.0. The summed E-state index contributed by atoms with van der Waals surface area (Å²) in [6, 6.07) is 11.8. The van der Waals surface area contributed by atoms with E-state index in [0.29, 0.717) is 19.0 Å². The van der Waals surface area contributed by atoms with Crippen LogP contribution in [0.1, 0.15) is 32.3 Å². The maximum Gasteiger partial charge on any atom is 0.323 e. The minimum absolute atomic E-state index is 0.108. The highest BCUT2D eigenvalue weighted by molar-refractivity contribution is 5.88. The van der Waals surface area contributed by atoms with E-state index in [1.165, 1.54) is 0 Å². The number of urea groups is 1. The molecular formula is C22H30N4O2. The number of rotatable bonds is 8. The van der Waals surface area contributed by atoms with Crippen LogP contribution in [0.4, 0.5) is 10.6 Å². The molecule has 1 aromatic heterocycles. The minimum Gasteiger partial charge on any atom is -0.376 e. The molecule has 0 bridgehead atoms. The molecule has 1 aromatic carbocycles. The van der Waals surface area contributed by atoms with Crippen molar-refractivity contribution in [3.63, 3.8) is 0 Å². The van der Waals surface area contributed by atoms with E-state index in [0.717, 1.165) is 37.4 Å². The van der Waals surface area contributed by atoms with Crippen LogP contribution in [0.3, 0.4) is 0 Å². The second-order valence-corrected chi connectivity index (χ2v) is 7.58. The Balaban J connectivity index is 1.66. The minimum atomic E-state index is -0.126. The molecule has 6 nitrogen and oxygen atoms in total. The lowest BCUT2D eigenvalue weighted by Crippen LogP contribution is -2.40. The molecule has 1 aliphatic rings. The van der Waals surface area contributed by atoms with Gasteiger partial charge in [-0.25, -0.2) is 9.48 Å². The summed E-state index contributed by atoms with van der Waals surface area (Å²) in [5.41, 5.74) is 1.12. The van der Waals surface area contributed by atoms with Crippen molar-refractivity contribution in [1.82, 2.24) is 14.7 Å². The van der Waals surface area contributed by atoms with Gasteiger partial charge in [0, 0.05) is 32.3 Å². The first kappa shape index (κ1) is 20.1. The molecule has 2 heterocycles. The van der Waals surface area contributed by atoms with Crippen LogP contribution in [0, 0.1) is 5.92 Å². The lowest BCUT2D eigenvalue weighted by atomic mass is 10.2. The molecule has 2 amide bonds. The smallest absolute Gasteiger partial charge is 0.323 e. The normalized spacial score (nSPS) is 16.8. The fourth-order valence-electron chi connectivity index (χ4n) is 3.27. The van der Waals surface area contributed by atoms with Crippen molar-refractivity contribution < 1.29 is 9.53 Å². The average Bonchev–Trinajstić information content (AvgIpc) is 3.34. The fourth-order valence-corrected chi connectivity index (χ4v) is 3.27. The SMILES string of the molecule is CC(C)Cn1nccc1NC(=O)N(CC=Cc1ccccc1)CC1CCCO1. The predicted octanol–water partition coefficient (Wildman–Crippen LogP) is 4.27. The Morgan fingerprint density at radius 3 is 2.89 bits per heavy atom. The molecule has 2 aromatic rings. The third kappa shape index (κ3) is 5.96. The molecule has 1 saturated heterocycles. The molecule has 1 aliphatic heterocycles. The average molecular weight is 383 g/mol. The van der Waals surface area contributed by atoms with E-state index in [-0.39, 0.29) is 12.1 Å². The van der Waals surface area contributed by atoms with Crippen LogP contribution in [0.15, 0.2) is 48.7 Å². The van der Waals surface area contributed by atoms with Gasteiger partial charge >= 0.3 is 6.03 Å². The molecule has 1 N–H and O–H groups in total. The van der Waals surface area contributed by atoms with Crippen LogP contribution < -0.4 is 5.32 Å². The predicted molar refractivity (Wildman–Crippen MR) is 112 cm³/mol. The van der Waals surface area contributed by atoms with Gasteiger partial charge in [0.25, 0.3) is 0 Å². The highest BCUT2D eigenvalue weighted by Crippen LogP contribution is 2.15. The molecule has 6 heteroatoms. The molecule has 1 atom stereocenters. The number of benzene rings is 1. The van der Waals surface area contributed by atoms with E-state index >= 15 is 0 Å². The van der Waals surface area contributed by atoms with E-state index in [9.17, 15) is 4.79 Å². The molecule has 0 spiro atoms. The van der Waals surface area contributed by atoms with Gasteiger partial charge in [0.2, 0.25) is 0 Å². The zero-order valence-corrected chi connectivity index (χ0v) is 16.8. The van der Waals surface area contributed by atoms with E-state index in [2.05, 4.69) is 24.3 Å². The number of aromatic nitrogens is 2. The van der Waals surface area contributed by atoms with Crippen molar-refractivity contribution in [3.8, 4) is 0 Å². The van der Waals surface area contributed by atoms with Gasteiger partial charge in [0.05, 0.1) is 12.3 Å². The Bertz CT molecular complexity index is 764. The third-order valence-electron chi connectivity index (χ3n) is 4.66. The van der Waals surface area contributed by atoms with Gasteiger partial charge in [-0.15, -0.1) is 0 Å². The molecule has 1 fully saturated rings. The number of hydrogen-bond donors (Lipinski definition) is 1. The highest BCUT2D eigenvalue weighted by Gasteiger charge is 2.22.